The Kier molecular flexibility index (Phi) is 5.36. The number of Topliss-reactive ketones (excluding diaryl/α,β-unsaturated/α-hetero) is 1. The molecule has 0 amide bonds. The fourth-order valence-corrected chi connectivity index (χ4v) is 3.25. The Morgan fingerprint density at radius 2 is 1.74 bits per heavy atom. The number of carbonyl (C=O) groups excluding carboxylic acids is 1. The molecule has 0 radical (unpaired) electrons. The van der Waals surface area contributed by atoms with Crippen LogP contribution in [0.4, 0.5) is 4.39 Å². The van der Waals surface area contributed by atoms with Gasteiger partial charge < -0.3 is 0 Å². The summed E-state index contributed by atoms with van der Waals surface area (Å²) in [7, 11) is -3.24. The summed E-state index contributed by atoms with van der Waals surface area (Å²) in [4.78, 5) is 12.6. The third kappa shape index (κ3) is 4.48. The molecule has 2 aromatic rings. The summed E-state index contributed by atoms with van der Waals surface area (Å²) in [6, 6.07) is 10.5. The number of allylic oxidation sites excluding steroid dienone is 1. The van der Waals surface area contributed by atoms with Gasteiger partial charge in [0.05, 0.1) is 8.48 Å². The Labute approximate surface area is 148 Å². The maximum Gasteiger partial charge on any atom is 0.199 e. The van der Waals surface area contributed by atoms with Crippen LogP contribution in [-0.4, -0.2) is 20.5 Å². The summed E-state index contributed by atoms with van der Waals surface area (Å²) in [6.07, 6.45) is 2.80. The van der Waals surface area contributed by atoms with E-state index in [1.807, 2.05) is 22.6 Å². The van der Waals surface area contributed by atoms with Crippen molar-refractivity contribution >= 4 is 44.3 Å². The average Bonchev–Trinajstić information content (AvgIpc) is 2.49. The maximum absolute atomic E-state index is 13.3. The fraction of sp³-hybridized carbons (Fsp3) is 0.118. The Bertz CT molecular complexity index is 885. The Morgan fingerprint density at radius 3 is 2.26 bits per heavy atom. The first-order valence-corrected chi connectivity index (χ1v) is 9.63. The molecule has 0 heterocycles. The SMILES string of the molecule is Cc1cc(C(=O)C(I)=Cc2ccc(S(C)(=O)=O)cc2)ccc1F. The lowest BCUT2D eigenvalue weighted by Gasteiger charge is -2.03. The van der Waals surface area contributed by atoms with E-state index in [0.717, 1.165) is 6.26 Å². The normalized spacial score (nSPS) is 12.3. The second-order valence-corrected chi connectivity index (χ2v) is 8.30. The van der Waals surface area contributed by atoms with E-state index in [0.29, 0.717) is 20.3 Å². The summed E-state index contributed by atoms with van der Waals surface area (Å²) in [5, 5.41) is 0. The van der Waals surface area contributed by atoms with Crippen LogP contribution in [0.3, 0.4) is 0 Å². The van der Waals surface area contributed by atoms with Gasteiger partial charge in [0.15, 0.2) is 15.6 Å². The minimum atomic E-state index is -3.24. The largest absolute Gasteiger partial charge is 0.288 e. The molecule has 0 unspecified atom stereocenters. The highest BCUT2D eigenvalue weighted by atomic mass is 127. The van der Waals surface area contributed by atoms with Gasteiger partial charge in [0.1, 0.15) is 5.82 Å². The standard InChI is InChI=1S/C17H14FIO3S/c1-11-9-13(5-8-15(11)18)17(20)16(19)10-12-3-6-14(7-4-12)23(2,21)22/h3-10H,1-2H3. The van der Waals surface area contributed by atoms with Crippen molar-refractivity contribution in [3.05, 3.63) is 68.6 Å². The summed E-state index contributed by atoms with van der Waals surface area (Å²) >= 11 is 1.92. The quantitative estimate of drug-likeness (QED) is 0.404. The number of hydrogen-bond acceptors (Lipinski definition) is 3. The van der Waals surface area contributed by atoms with Gasteiger partial charge in [-0.3, -0.25) is 4.79 Å². The van der Waals surface area contributed by atoms with E-state index in [2.05, 4.69) is 0 Å². The van der Waals surface area contributed by atoms with Crippen molar-refractivity contribution < 1.29 is 17.6 Å². The van der Waals surface area contributed by atoms with Gasteiger partial charge in [-0.15, -0.1) is 0 Å². The molecule has 0 aliphatic rings. The predicted octanol–water partition coefficient (Wildman–Crippen LogP) is 4.20. The number of benzene rings is 2. The predicted molar refractivity (Wildman–Crippen MR) is 97.0 cm³/mol. The van der Waals surface area contributed by atoms with Crippen LogP contribution in [0.25, 0.3) is 6.08 Å². The number of aryl methyl sites for hydroxylation is 1. The van der Waals surface area contributed by atoms with Crippen molar-refractivity contribution in [2.45, 2.75) is 11.8 Å². The molecular formula is C17H14FIO3S. The van der Waals surface area contributed by atoms with Crippen LogP contribution < -0.4 is 0 Å². The molecule has 3 nitrogen and oxygen atoms in total. The van der Waals surface area contributed by atoms with Crippen molar-refractivity contribution in [1.82, 2.24) is 0 Å². The lowest BCUT2D eigenvalue weighted by molar-refractivity contribution is 0.104. The second kappa shape index (κ2) is 6.92. The van der Waals surface area contributed by atoms with Crippen molar-refractivity contribution in [1.29, 1.82) is 0 Å². The van der Waals surface area contributed by atoms with E-state index in [-0.39, 0.29) is 16.5 Å². The molecule has 2 rings (SSSR count). The maximum atomic E-state index is 13.3. The van der Waals surface area contributed by atoms with Crippen molar-refractivity contribution in [3.8, 4) is 0 Å². The van der Waals surface area contributed by atoms with E-state index in [1.54, 1.807) is 25.1 Å². The van der Waals surface area contributed by atoms with E-state index in [4.69, 9.17) is 0 Å². The van der Waals surface area contributed by atoms with Crippen LogP contribution >= 0.6 is 22.6 Å². The molecular weight excluding hydrogens is 430 g/mol. The third-order valence-electron chi connectivity index (χ3n) is 3.24. The van der Waals surface area contributed by atoms with Gasteiger partial charge in [-0.05, 0) is 77.0 Å². The first-order chi connectivity index (χ1) is 10.7. The van der Waals surface area contributed by atoms with Gasteiger partial charge >= 0.3 is 0 Å². The monoisotopic (exact) mass is 444 g/mol. The van der Waals surface area contributed by atoms with Crippen molar-refractivity contribution in [3.63, 3.8) is 0 Å². The number of ketones is 1. The van der Waals surface area contributed by atoms with Crippen LogP contribution in [0, 0.1) is 12.7 Å². The summed E-state index contributed by atoms with van der Waals surface area (Å²) in [5.74, 6) is -0.558. The highest BCUT2D eigenvalue weighted by Crippen LogP contribution is 2.21. The van der Waals surface area contributed by atoms with Gasteiger partial charge in [-0.1, -0.05) is 12.1 Å². The lowest BCUT2D eigenvalue weighted by atomic mass is 10.1. The third-order valence-corrected chi connectivity index (χ3v) is 5.17. The molecule has 0 saturated heterocycles. The number of rotatable bonds is 4. The molecule has 120 valence electrons. The first kappa shape index (κ1) is 17.8. The number of halogens is 2. The van der Waals surface area contributed by atoms with Crippen LogP contribution in [0.2, 0.25) is 0 Å². The van der Waals surface area contributed by atoms with Crippen LogP contribution in [0.5, 0.6) is 0 Å². The number of carbonyl (C=O) groups is 1. The number of hydrogen-bond donors (Lipinski definition) is 0. The molecule has 0 fully saturated rings. The lowest BCUT2D eigenvalue weighted by Crippen LogP contribution is -2.00. The van der Waals surface area contributed by atoms with E-state index >= 15 is 0 Å². The zero-order valence-corrected chi connectivity index (χ0v) is 15.5. The molecule has 0 bridgehead atoms. The van der Waals surface area contributed by atoms with Crippen LogP contribution in [-0.2, 0) is 9.84 Å². The molecule has 23 heavy (non-hydrogen) atoms. The number of sulfone groups is 1. The summed E-state index contributed by atoms with van der Waals surface area (Å²) < 4.78 is 36.6. The Hall–Kier alpha value is -1.54. The minimum Gasteiger partial charge on any atom is -0.288 e. The van der Waals surface area contributed by atoms with Gasteiger partial charge in [-0.25, -0.2) is 12.8 Å². The minimum absolute atomic E-state index is 0.208. The molecule has 2 aromatic carbocycles. The van der Waals surface area contributed by atoms with Crippen LogP contribution in [0.1, 0.15) is 21.5 Å². The highest BCUT2D eigenvalue weighted by Gasteiger charge is 2.12. The van der Waals surface area contributed by atoms with E-state index in [9.17, 15) is 17.6 Å². The van der Waals surface area contributed by atoms with Crippen molar-refractivity contribution in [2.24, 2.45) is 0 Å². The molecule has 0 saturated carbocycles. The molecule has 0 spiro atoms. The fourth-order valence-electron chi connectivity index (χ4n) is 1.95. The molecule has 6 heteroatoms. The van der Waals surface area contributed by atoms with Crippen LogP contribution in [0.15, 0.2) is 50.9 Å². The van der Waals surface area contributed by atoms with Crippen molar-refractivity contribution in [2.75, 3.05) is 6.26 Å². The zero-order valence-electron chi connectivity index (χ0n) is 12.5. The summed E-state index contributed by atoms with van der Waals surface area (Å²) in [5.41, 5.74) is 1.55. The zero-order chi connectivity index (χ0) is 17.2. The summed E-state index contributed by atoms with van der Waals surface area (Å²) in [6.45, 7) is 1.60. The van der Waals surface area contributed by atoms with Gasteiger partial charge in [0, 0.05) is 11.8 Å². The molecule has 0 aromatic heterocycles. The second-order valence-electron chi connectivity index (χ2n) is 5.13. The Morgan fingerprint density at radius 1 is 1.13 bits per heavy atom. The molecule has 0 aliphatic carbocycles. The topological polar surface area (TPSA) is 51.2 Å². The molecule has 0 N–H and O–H groups in total. The van der Waals surface area contributed by atoms with E-state index in [1.165, 1.54) is 30.3 Å². The average molecular weight is 444 g/mol. The van der Waals surface area contributed by atoms with Gasteiger partial charge in [0.25, 0.3) is 0 Å². The Balaban J connectivity index is 2.28. The van der Waals surface area contributed by atoms with Gasteiger partial charge in [-0.2, -0.15) is 0 Å². The molecule has 0 aliphatic heterocycles. The highest BCUT2D eigenvalue weighted by molar-refractivity contribution is 14.1. The van der Waals surface area contributed by atoms with E-state index < -0.39 is 9.84 Å². The van der Waals surface area contributed by atoms with Gasteiger partial charge in [0.2, 0.25) is 0 Å². The molecule has 0 atom stereocenters. The smallest absolute Gasteiger partial charge is 0.199 e. The first-order valence-electron chi connectivity index (χ1n) is 6.66.